The molecule has 2 atom stereocenters. The van der Waals surface area contributed by atoms with Gasteiger partial charge in [-0.25, -0.2) is 0 Å². The monoisotopic (exact) mass is 215 g/mol. The number of aliphatic carboxylic acids is 1. The molecule has 86 valence electrons. The van der Waals surface area contributed by atoms with Gasteiger partial charge in [-0.1, -0.05) is 0 Å². The molecule has 0 aromatic carbocycles. The third-order valence-corrected chi connectivity index (χ3v) is 2.73. The van der Waals surface area contributed by atoms with Crippen molar-refractivity contribution in [3.63, 3.8) is 0 Å². The summed E-state index contributed by atoms with van der Waals surface area (Å²) in [6.07, 6.45) is 1.03. The third-order valence-electron chi connectivity index (χ3n) is 2.73. The van der Waals surface area contributed by atoms with Gasteiger partial charge in [-0.05, 0) is 19.8 Å². The molecule has 0 saturated carbocycles. The van der Waals surface area contributed by atoms with E-state index in [1.165, 1.54) is 0 Å². The summed E-state index contributed by atoms with van der Waals surface area (Å²) < 4.78 is 0. The molecule has 1 fully saturated rings. The van der Waals surface area contributed by atoms with Crippen molar-refractivity contribution in [2.75, 3.05) is 6.54 Å². The van der Waals surface area contributed by atoms with Crippen molar-refractivity contribution in [1.82, 2.24) is 4.90 Å². The lowest BCUT2D eigenvalue weighted by Crippen LogP contribution is -2.41. The summed E-state index contributed by atoms with van der Waals surface area (Å²) in [7, 11) is 0. The quantitative estimate of drug-likeness (QED) is 0.703. The number of aliphatic hydroxyl groups excluding tert-OH is 1. The Morgan fingerprint density at radius 2 is 2.13 bits per heavy atom. The van der Waals surface area contributed by atoms with Crippen molar-refractivity contribution in [1.29, 1.82) is 0 Å². The molecular weight excluding hydrogens is 198 g/mol. The van der Waals surface area contributed by atoms with Crippen LogP contribution in [0.1, 0.15) is 32.6 Å². The highest BCUT2D eigenvalue weighted by Gasteiger charge is 2.31. The van der Waals surface area contributed by atoms with E-state index in [0.29, 0.717) is 6.54 Å². The maximum Gasteiger partial charge on any atom is 0.303 e. The number of rotatable bonds is 4. The van der Waals surface area contributed by atoms with Crippen LogP contribution in [0, 0.1) is 0 Å². The van der Waals surface area contributed by atoms with Gasteiger partial charge < -0.3 is 15.1 Å². The number of carboxylic acid groups (broad SMARTS) is 1. The number of nitrogens with zero attached hydrogens (tertiary/aromatic N) is 1. The van der Waals surface area contributed by atoms with E-state index in [4.69, 9.17) is 5.11 Å². The average Bonchev–Trinajstić information content (AvgIpc) is 2.62. The first kappa shape index (κ1) is 12.0. The van der Waals surface area contributed by atoms with Crippen molar-refractivity contribution in [2.45, 2.75) is 44.8 Å². The lowest BCUT2D eigenvalue weighted by atomic mass is 10.1. The number of likely N-dealkylation sites (tertiary alicyclic amines) is 1. The fourth-order valence-electron chi connectivity index (χ4n) is 1.96. The summed E-state index contributed by atoms with van der Waals surface area (Å²) in [6, 6.07) is -0.133. The fourth-order valence-corrected chi connectivity index (χ4v) is 1.96. The minimum absolute atomic E-state index is 0.0263. The predicted octanol–water partition coefficient (Wildman–Crippen LogP) is 0.223. The van der Waals surface area contributed by atoms with Crippen LogP contribution >= 0.6 is 0 Å². The van der Waals surface area contributed by atoms with Crippen molar-refractivity contribution < 1.29 is 19.8 Å². The molecule has 0 aromatic rings. The van der Waals surface area contributed by atoms with Crippen LogP contribution in [0.4, 0.5) is 0 Å². The summed E-state index contributed by atoms with van der Waals surface area (Å²) in [5.74, 6) is -1.13. The van der Waals surface area contributed by atoms with Crippen LogP contribution in [0.15, 0.2) is 0 Å². The highest BCUT2D eigenvalue weighted by Crippen LogP contribution is 2.21. The van der Waals surface area contributed by atoms with Crippen molar-refractivity contribution in [3.05, 3.63) is 0 Å². The lowest BCUT2D eigenvalue weighted by molar-refractivity contribution is -0.141. The number of carbonyl (C=O) groups is 2. The fraction of sp³-hybridized carbons (Fsp3) is 0.800. The molecule has 0 spiro atoms. The molecule has 0 radical (unpaired) electrons. The van der Waals surface area contributed by atoms with Crippen LogP contribution < -0.4 is 0 Å². The molecule has 0 unspecified atom stereocenters. The van der Waals surface area contributed by atoms with Gasteiger partial charge in [-0.3, -0.25) is 9.59 Å². The van der Waals surface area contributed by atoms with Gasteiger partial charge in [0.25, 0.3) is 0 Å². The second kappa shape index (κ2) is 5.11. The first-order valence-electron chi connectivity index (χ1n) is 5.21. The van der Waals surface area contributed by atoms with Crippen LogP contribution in [0.3, 0.4) is 0 Å². The van der Waals surface area contributed by atoms with E-state index in [9.17, 15) is 14.7 Å². The Hall–Kier alpha value is -1.10. The lowest BCUT2D eigenvalue weighted by Gasteiger charge is -2.26. The molecule has 5 nitrogen and oxygen atoms in total. The van der Waals surface area contributed by atoms with E-state index in [1.807, 2.05) is 0 Å². The van der Waals surface area contributed by atoms with Crippen LogP contribution in [0.25, 0.3) is 0 Å². The van der Waals surface area contributed by atoms with E-state index < -0.39 is 12.1 Å². The van der Waals surface area contributed by atoms with Gasteiger partial charge in [0, 0.05) is 13.0 Å². The van der Waals surface area contributed by atoms with Crippen LogP contribution in [-0.2, 0) is 9.59 Å². The van der Waals surface area contributed by atoms with Crippen molar-refractivity contribution in [2.24, 2.45) is 0 Å². The number of hydrogen-bond acceptors (Lipinski definition) is 3. The molecule has 0 aromatic heterocycles. The maximum absolute atomic E-state index is 11.6. The van der Waals surface area contributed by atoms with Gasteiger partial charge in [0.05, 0.1) is 18.6 Å². The summed E-state index contributed by atoms with van der Waals surface area (Å²) in [6.45, 7) is 2.29. The molecule has 1 rings (SSSR count). The summed E-state index contributed by atoms with van der Waals surface area (Å²) in [5, 5.41) is 17.9. The summed E-state index contributed by atoms with van der Waals surface area (Å²) >= 11 is 0. The van der Waals surface area contributed by atoms with E-state index in [0.717, 1.165) is 12.8 Å². The molecule has 1 amide bonds. The van der Waals surface area contributed by atoms with E-state index in [-0.39, 0.29) is 24.8 Å². The molecule has 2 N–H and O–H groups in total. The third kappa shape index (κ3) is 3.20. The van der Waals surface area contributed by atoms with E-state index >= 15 is 0 Å². The molecular formula is C10H17NO4. The Balaban J connectivity index is 2.47. The largest absolute Gasteiger partial charge is 0.481 e. The number of aliphatic hydroxyl groups is 1. The highest BCUT2D eigenvalue weighted by molar-refractivity contribution is 5.81. The maximum atomic E-state index is 11.6. The SMILES string of the molecule is C[C@H](O)[C@@H]1CCCN1C(=O)CCC(=O)O. The van der Waals surface area contributed by atoms with Gasteiger partial charge in [-0.2, -0.15) is 0 Å². The van der Waals surface area contributed by atoms with Crippen LogP contribution in [0.2, 0.25) is 0 Å². The summed E-state index contributed by atoms with van der Waals surface area (Å²) in [4.78, 5) is 23.5. The Morgan fingerprint density at radius 1 is 1.47 bits per heavy atom. The minimum Gasteiger partial charge on any atom is -0.481 e. The smallest absolute Gasteiger partial charge is 0.303 e. The van der Waals surface area contributed by atoms with Gasteiger partial charge in [0.1, 0.15) is 0 Å². The van der Waals surface area contributed by atoms with Gasteiger partial charge >= 0.3 is 5.97 Å². The van der Waals surface area contributed by atoms with Crippen molar-refractivity contribution in [3.8, 4) is 0 Å². The average molecular weight is 215 g/mol. The molecule has 1 aliphatic heterocycles. The van der Waals surface area contributed by atoms with Gasteiger partial charge in [0.15, 0.2) is 0 Å². The Morgan fingerprint density at radius 3 is 2.67 bits per heavy atom. The molecule has 5 heteroatoms. The second-order valence-corrected chi connectivity index (χ2v) is 3.93. The molecule has 1 saturated heterocycles. The first-order valence-corrected chi connectivity index (χ1v) is 5.21. The minimum atomic E-state index is -0.962. The molecule has 0 aliphatic carbocycles. The number of carboxylic acids is 1. The standard InChI is InChI=1S/C10H17NO4/c1-7(12)8-3-2-6-11(8)9(13)4-5-10(14)15/h7-8,12H,2-6H2,1H3,(H,14,15)/t7-,8-/m0/s1. The van der Waals surface area contributed by atoms with Gasteiger partial charge in [0.2, 0.25) is 5.91 Å². The highest BCUT2D eigenvalue weighted by atomic mass is 16.4. The van der Waals surface area contributed by atoms with Gasteiger partial charge in [-0.15, -0.1) is 0 Å². The summed E-state index contributed by atoms with van der Waals surface area (Å²) in [5.41, 5.74) is 0. The first-order chi connectivity index (χ1) is 7.02. The van der Waals surface area contributed by atoms with E-state index in [2.05, 4.69) is 0 Å². The number of amides is 1. The Labute approximate surface area is 88.7 Å². The zero-order valence-electron chi connectivity index (χ0n) is 8.85. The zero-order chi connectivity index (χ0) is 11.4. The normalized spacial score (nSPS) is 22.8. The topological polar surface area (TPSA) is 77.8 Å². The Kier molecular flexibility index (Phi) is 4.08. The molecule has 0 bridgehead atoms. The molecule has 15 heavy (non-hydrogen) atoms. The van der Waals surface area contributed by atoms with Crippen molar-refractivity contribution >= 4 is 11.9 Å². The molecule has 1 heterocycles. The Bertz CT molecular complexity index is 252. The van der Waals surface area contributed by atoms with Crippen LogP contribution in [0.5, 0.6) is 0 Å². The number of hydrogen-bond donors (Lipinski definition) is 2. The predicted molar refractivity (Wildman–Crippen MR) is 53.3 cm³/mol. The molecule has 1 aliphatic rings. The second-order valence-electron chi connectivity index (χ2n) is 3.93. The van der Waals surface area contributed by atoms with E-state index in [1.54, 1.807) is 11.8 Å². The zero-order valence-corrected chi connectivity index (χ0v) is 8.85. The van der Waals surface area contributed by atoms with Crippen LogP contribution in [-0.4, -0.2) is 45.7 Å². The number of carbonyl (C=O) groups excluding carboxylic acids is 1.